The first-order valence-corrected chi connectivity index (χ1v) is 8.83. The van der Waals surface area contributed by atoms with Gasteiger partial charge in [-0.25, -0.2) is 0 Å². The zero-order valence-electron chi connectivity index (χ0n) is 13.3. The molecule has 1 heteroatoms. The Bertz CT molecular complexity index is 309. The van der Waals surface area contributed by atoms with Crippen molar-refractivity contribution in [3.63, 3.8) is 0 Å². The Labute approximate surface area is 119 Å². The van der Waals surface area contributed by atoms with Crippen molar-refractivity contribution in [2.45, 2.75) is 78.2 Å². The second kappa shape index (κ2) is 5.39. The molecule has 0 saturated heterocycles. The van der Waals surface area contributed by atoms with Gasteiger partial charge in [-0.2, -0.15) is 0 Å². The van der Waals surface area contributed by atoms with Crippen LogP contribution in [0.3, 0.4) is 0 Å². The molecule has 3 fully saturated rings. The van der Waals surface area contributed by atoms with Crippen molar-refractivity contribution in [1.82, 2.24) is 5.32 Å². The molecule has 1 N–H and O–H groups in total. The molecule has 2 bridgehead atoms. The Balaban J connectivity index is 1.64. The summed E-state index contributed by atoms with van der Waals surface area (Å²) in [7, 11) is 0. The van der Waals surface area contributed by atoms with Crippen LogP contribution < -0.4 is 5.32 Å². The smallest absolute Gasteiger partial charge is 0.0103 e. The van der Waals surface area contributed by atoms with Crippen molar-refractivity contribution in [1.29, 1.82) is 0 Å². The van der Waals surface area contributed by atoms with Gasteiger partial charge in [0.15, 0.2) is 0 Å². The van der Waals surface area contributed by atoms with E-state index in [1.807, 2.05) is 0 Å². The molecule has 110 valence electrons. The maximum absolute atomic E-state index is 3.87. The Hall–Kier alpha value is -0.0400. The molecule has 3 saturated carbocycles. The summed E-state index contributed by atoms with van der Waals surface area (Å²) in [5.41, 5.74) is 0.574. The first-order chi connectivity index (χ1) is 9.10. The molecule has 0 aromatic carbocycles. The van der Waals surface area contributed by atoms with Crippen molar-refractivity contribution in [2.75, 3.05) is 6.54 Å². The number of hydrogen-bond donors (Lipinski definition) is 1. The normalized spacial score (nSPS) is 41.8. The summed E-state index contributed by atoms with van der Waals surface area (Å²) < 4.78 is 0. The van der Waals surface area contributed by atoms with Crippen LogP contribution in [0.1, 0.15) is 72.1 Å². The molecule has 0 aromatic rings. The van der Waals surface area contributed by atoms with E-state index in [9.17, 15) is 0 Å². The standard InChI is InChI=1S/C18H33N/c1-4-19-17(16-6-5-9-18(16,2)3)12-15-11-13-7-8-14(15)10-13/h13-17,19H,4-12H2,1-3H3. The van der Waals surface area contributed by atoms with Crippen molar-refractivity contribution < 1.29 is 0 Å². The van der Waals surface area contributed by atoms with Gasteiger partial charge in [-0.05, 0) is 74.2 Å². The van der Waals surface area contributed by atoms with E-state index >= 15 is 0 Å². The van der Waals surface area contributed by atoms with Gasteiger partial charge in [-0.15, -0.1) is 0 Å². The fourth-order valence-corrected chi connectivity index (χ4v) is 5.74. The van der Waals surface area contributed by atoms with Crippen LogP contribution in [0.15, 0.2) is 0 Å². The molecule has 0 radical (unpaired) electrons. The van der Waals surface area contributed by atoms with Crippen molar-refractivity contribution in [2.24, 2.45) is 29.1 Å². The fraction of sp³-hybridized carbons (Fsp3) is 1.00. The molecule has 3 rings (SSSR count). The van der Waals surface area contributed by atoms with Gasteiger partial charge in [-0.1, -0.05) is 33.6 Å². The second-order valence-corrected chi connectivity index (χ2v) is 8.32. The zero-order valence-corrected chi connectivity index (χ0v) is 13.3. The van der Waals surface area contributed by atoms with E-state index in [4.69, 9.17) is 0 Å². The first kappa shape index (κ1) is 13.9. The molecule has 0 amide bonds. The van der Waals surface area contributed by atoms with E-state index in [0.29, 0.717) is 5.41 Å². The topological polar surface area (TPSA) is 12.0 Å². The fourth-order valence-electron chi connectivity index (χ4n) is 5.74. The van der Waals surface area contributed by atoms with Gasteiger partial charge in [-0.3, -0.25) is 0 Å². The van der Waals surface area contributed by atoms with Crippen molar-refractivity contribution in [3.8, 4) is 0 Å². The molecule has 0 spiro atoms. The van der Waals surface area contributed by atoms with E-state index in [1.165, 1.54) is 25.7 Å². The first-order valence-electron chi connectivity index (χ1n) is 8.83. The molecule has 0 aromatic heterocycles. The van der Waals surface area contributed by atoms with Gasteiger partial charge >= 0.3 is 0 Å². The average molecular weight is 263 g/mol. The molecule has 1 nitrogen and oxygen atoms in total. The summed E-state index contributed by atoms with van der Waals surface area (Å²) in [4.78, 5) is 0. The van der Waals surface area contributed by atoms with Gasteiger partial charge in [0.2, 0.25) is 0 Å². The van der Waals surface area contributed by atoms with E-state index in [-0.39, 0.29) is 0 Å². The minimum atomic E-state index is 0.574. The summed E-state index contributed by atoms with van der Waals surface area (Å²) in [5.74, 6) is 4.18. The highest BCUT2D eigenvalue weighted by atomic mass is 14.9. The van der Waals surface area contributed by atoms with Crippen LogP contribution in [0.5, 0.6) is 0 Å². The van der Waals surface area contributed by atoms with E-state index in [0.717, 1.165) is 36.3 Å². The summed E-state index contributed by atoms with van der Waals surface area (Å²) in [6.45, 7) is 8.46. The Morgan fingerprint density at radius 3 is 2.53 bits per heavy atom. The van der Waals surface area contributed by atoms with Crippen LogP contribution >= 0.6 is 0 Å². The lowest BCUT2D eigenvalue weighted by Gasteiger charge is -2.37. The van der Waals surface area contributed by atoms with E-state index in [1.54, 1.807) is 25.7 Å². The lowest BCUT2D eigenvalue weighted by Crippen LogP contribution is -2.42. The van der Waals surface area contributed by atoms with Crippen LogP contribution in [0.4, 0.5) is 0 Å². The van der Waals surface area contributed by atoms with E-state index < -0.39 is 0 Å². The zero-order chi connectivity index (χ0) is 13.5. The SMILES string of the molecule is CCNC(CC1CC2CCC1C2)C1CCCC1(C)C. The van der Waals surface area contributed by atoms with Crippen LogP contribution in [0, 0.1) is 29.1 Å². The summed E-state index contributed by atoms with van der Waals surface area (Å²) in [6, 6.07) is 0.798. The molecule has 5 atom stereocenters. The van der Waals surface area contributed by atoms with Gasteiger partial charge in [0.25, 0.3) is 0 Å². The van der Waals surface area contributed by atoms with Crippen LogP contribution in [0.25, 0.3) is 0 Å². The summed E-state index contributed by atoms with van der Waals surface area (Å²) >= 11 is 0. The van der Waals surface area contributed by atoms with Gasteiger partial charge in [0.05, 0.1) is 0 Å². The molecule has 0 aliphatic heterocycles. The average Bonchev–Trinajstić information content (AvgIpc) is 3.03. The van der Waals surface area contributed by atoms with Crippen LogP contribution in [0.2, 0.25) is 0 Å². The number of fused-ring (bicyclic) bond motifs is 2. The van der Waals surface area contributed by atoms with Gasteiger partial charge in [0.1, 0.15) is 0 Å². The molecule has 3 aliphatic rings. The van der Waals surface area contributed by atoms with Crippen LogP contribution in [-0.2, 0) is 0 Å². The lowest BCUT2D eigenvalue weighted by molar-refractivity contribution is 0.160. The third kappa shape index (κ3) is 2.73. The Morgan fingerprint density at radius 1 is 1.16 bits per heavy atom. The number of hydrogen-bond acceptors (Lipinski definition) is 1. The minimum absolute atomic E-state index is 0.574. The monoisotopic (exact) mass is 263 g/mol. The third-order valence-corrected chi connectivity index (χ3v) is 6.73. The predicted molar refractivity (Wildman–Crippen MR) is 82.1 cm³/mol. The predicted octanol–water partition coefficient (Wildman–Crippen LogP) is 4.62. The lowest BCUT2D eigenvalue weighted by atomic mass is 9.73. The van der Waals surface area contributed by atoms with Gasteiger partial charge < -0.3 is 5.32 Å². The van der Waals surface area contributed by atoms with Crippen molar-refractivity contribution in [3.05, 3.63) is 0 Å². The number of rotatable bonds is 5. The molecule has 0 heterocycles. The highest BCUT2D eigenvalue weighted by Crippen LogP contribution is 2.52. The van der Waals surface area contributed by atoms with Crippen LogP contribution in [-0.4, -0.2) is 12.6 Å². The highest BCUT2D eigenvalue weighted by Gasteiger charge is 2.44. The maximum atomic E-state index is 3.87. The summed E-state index contributed by atoms with van der Waals surface area (Å²) in [6.07, 6.45) is 12.0. The summed E-state index contributed by atoms with van der Waals surface area (Å²) in [5, 5.41) is 3.87. The van der Waals surface area contributed by atoms with E-state index in [2.05, 4.69) is 26.1 Å². The number of nitrogens with one attached hydrogen (secondary N) is 1. The quantitative estimate of drug-likeness (QED) is 0.763. The third-order valence-electron chi connectivity index (χ3n) is 6.73. The van der Waals surface area contributed by atoms with Crippen molar-refractivity contribution >= 4 is 0 Å². The molecule has 5 unspecified atom stereocenters. The highest BCUT2D eigenvalue weighted by molar-refractivity contribution is 4.97. The molecule has 3 aliphatic carbocycles. The maximum Gasteiger partial charge on any atom is 0.0103 e. The minimum Gasteiger partial charge on any atom is -0.314 e. The largest absolute Gasteiger partial charge is 0.314 e. The molecular weight excluding hydrogens is 230 g/mol. The molecule has 19 heavy (non-hydrogen) atoms. The Morgan fingerprint density at radius 2 is 2.00 bits per heavy atom. The Kier molecular flexibility index (Phi) is 3.95. The molecular formula is C18H33N. The van der Waals surface area contributed by atoms with Gasteiger partial charge in [0, 0.05) is 6.04 Å². The second-order valence-electron chi connectivity index (χ2n) is 8.32.